The lowest BCUT2D eigenvalue weighted by Gasteiger charge is -2.18. The summed E-state index contributed by atoms with van der Waals surface area (Å²) in [6.45, 7) is 11.2. The summed E-state index contributed by atoms with van der Waals surface area (Å²) in [6, 6.07) is 10.4. The molecule has 0 aliphatic rings. The molecule has 0 bridgehead atoms. The molecule has 6 nitrogen and oxygen atoms in total. The van der Waals surface area contributed by atoms with E-state index >= 15 is 0 Å². The van der Waals surface area contributed by atoms with Gasteiger partial charge in [-0.1, -0.05) is 25.4 Å². The van der Waals surface area contributed by atoms with Crippen LogP contribution < -0.4 is 15.4 Å². The largest absolute Gasteiger partial charge is 0.484 e. The highest BCUT2D eigenvalue weighted by Crippen LogP contribution is 2.25. The minimum absolute atomic E-state index is 0.117. The number of benzene rings is 2. The molecule has 0 heterocycles. The van der Waals surface area contributed by atoms with Gasteiger partial charge in [0.15, 0.2) is 6.61 Å². The topological polar surface area (TPSA) is 70.7 Å². The van der Waals surface area contributed by atoms with Crippen LogP contribution in [0, 0.1) is 13.8 Å². The van der Waals surface area contributed by atoms with E-state index < -0.39 is 0 Å². The molecule has 2 N–H and O–H groups in total. The number of likely N-dealkylation sites (N-methyl/N-ethyl adjacent to an activating group) is 1. The quantitative estimate of drug-likeness (QED) is 0.595. The second kappa shape index (κ2) is 11.6. The molecule has 0 saturated carbocycles. The van der Waals surface area contributed by atoms with Crippen LogP contribution >= 0.6 is 11.6 Å². The number of halogens is 1. The van der Waals surface area contributed by atoms with Gasteiger partial charge in [0.1, 0.15) is 5.75 Å². The lowest BCUT2D eigenvalue weighted by molar-refractivity contribution is -0.118. The summed E-state index contributed by atoms with van der Waals surface area (Å²) >= 11 is 6.14. The number of hydrogen-bond acceptors (Lipinski definition) is 4. The Hall–Kier alpha value is -2.57. The summed E-state index contributed by atoms with van der Waals surface area (Å²) in [5, 5.41) is 6.37. The van der Waals surface area contributed by atoms with Crippen molar-refractivity contribution < 1.29 is 14.3 Å². The lowest BCUT2D eigenvalue weighted by Crippen LogP contribution is -2.34. The van der Waals surface area contributed by atoms with Gasteiger partial charge in [-0.05, 0) is 74.5 Å². The van der Waals surface area contributed by atoms with Gasteiger partial charge in [0.2, 0.25) is 0 Å². The first-order chi connectivity index (χ1) is 14.3. The molecule has 0 saturated heterocycles. The van der Waals surface area contributed by atoms with Crippen LogP contribution in [0.3, 0.4) is 0 Å². The van der Waals surface area contributed by atoms with Crippen LogP contribution in [0.4, 0.5) is 5.69 Å². The van der Waals surface area contributed by atoms with E-state index in [4.69, 9.17) is 16.3 Å². The Labute approximate surface area is 183 Å². The van der Waals surface area contributed by atoms with Crippen molar-refractivity contribution in [1.29, 1.82) is 0 Å². The third-order valence-corrected chi connectivity index (χ3v) is 5.41. The summed E-state index contributed by atoms with van der Waals surface area (Å²) in [5.41, 5.74) is 2.96. The van der Waals surface area contributed by atoms with E-state index in [0.29, 0.717) is 28.6 Å². The van der Waals surface area contributed by atoms with Gasteiger partial charge >= 0.3 is 0 Å². The zero-order valence-electron chi connectivity index (χ0n) is 18.0. The van der Waals surface area contributed by atoms with Crippen LogP contribution in [-0.4, -0.2) is 49.5 Å². The number of carbonyl (C=O) groups excluding carboxylic acids is 2. The van der Waals surface area contributed by atoms with Crippen LogP contribution in [-0.2, 0) is 4.79 Å². The molecule has 0 aliphatic heterocycles. The van der Waals surface area contributed by atoms with Gasteiger partial charge < -0.3 is 20.3 Å². The molecule has 162 valence electrons. The van der Waals surface area contributed by atoms with Gasteiger partial charge in [0, 0.05) is 29.4 Å². The third-order valence-electron chi connectivity index (χ3n) is 4.82. The fraction of sp³-hybridized carbons (Fsp3) is 0.391. The standard InChI is InChI=1S/C23H30ClN3O3/c1-5-27(6-2)12-11-25-23(29)18-7-9-19(10-8-18)26-21(28)15-30-20-13-16(3)22(24)17(4)14-20/h7-10,13-14H,5-6,11-12,15H2,1-4H3,(H,25,29)(H,26,28). The molecule has 2 rings (SSSR count). The first-order valence-electron chi connectivity index (χ1n) is 10.1. The zero-order chi connectivity index (χ0) is 22.1. The summed E-state index contributed by atoms with van der Waals surface area (Å²) in [4.78, 5) is 26.6. The molecule has 2 aromatic rings. The molecule has 0 aromatic heterocycles. The molecule has 2 amide bonds. The van der Waals surface area contributed by atoms with Crippen LogP contribution in [0.25, 0.3) is 0 Å². The summed E-state index contributed by atoms with van der Waals surface area (Å²) < 4.78 is 5.56. The van der Waals surface area contributed by atoms with Crippen molar-refractivity contribution in [3.8, 4) is 5.75 Å². The van der Waals surface area contributed by atoms with Crippen molar-refractivity contribution in [3.63, 3.8) is 0 Å². The monoisotopic (exact) mass is 431 g/mol. The van der Waals surface area contributed by atoms with Gasteiger partial charge in [-0.2, -0.15) is 0 Å². The number of hydrogen-bond donors (Lipinski definition) is 2. The van der Waals surface area contributed by atoms with E-state index in [1.165, 1.54) is 0 Å². The smallest absolute Gasteiger partial charge is 0.262 e. The average Bonchev–Trinajstić information content (AvgIpc) is 2.74. The zero-order valence-corrected chi connectivity index (χ0v) is 18.8. The maximum atomic E-state index is 12.2. The van der Waals surface area contributed by atoms with Crippen LogP contribution in [0.5, 0.6) is 5.75 Å². The Bertz CT molecular complexity index is 841. The minimum atomic E-state index is -0.281. The maximum Gasteiger partial charge on any atom is 0.262 e. The number of nitrogens with zero attached hydrogens (tertiary/aromatic N) is 1. The van der Waals surface area contributed by atoms with Crippen molar-refractivity contribution in [2.45, 2.75) is 27.7 Å². The predicted molar refractivity (Wildman–Crippen MR) is 122 cm³/mol. The highest BCUT2D eigenvalue weighted by atomic mass is 35.5. The van der Waals surface area contributed by atoms with Crippen LogP contribution in [0.1, 0.15) is 35.3 Å². The lowest BCUT2D eigenvalue weighted by atomic mass is 10.1. The number of ether oxygens (including phenoxy) is 1. The van der Waals surface area contributed by atoms with E-state index in [1.807, 2.05) is 13.8 Å². The molecule has 0 radical (unpaired) electrons. The SMILES string of the molecule is CCN(CC)CCNC(=O)c1ccc(NC(=O)COc2cc(C)c(Cl)c(C)c2)cc1. The summed E-state index contributed by atoms with van der Waals surface area (Å²) in [6.07, 6.45) is 0. The molecule has 30 heavy (non-hydrogen) atoms. The van der Waals surface area contributed by atoms with E-state index in [0.717, 1.165) is 30.8 Å². The van der Waals surface area contributed by atoms with Gasteiger partial charge in [-0.25, -0.2) is 0 Å². The fourth-order valence-electron chi connectivity index (χ4n) is 3.01. The molecule has 7 heteroatoms. The van der Waals surface area contributed by atoms with Crippen molar-refractivity contribution in [1.82, 2.24) is 10.2 Å². The Morgan fingerprint density at radius 2 is 1.63 bits per heavy atom. The molecule has 0 spiro atoms. The van der Waals surface area contributed by atoms with Crippen molar-refractivity contribution >= 4 is 29.1 Å². The van der Waals surface area contributed by atoms with Crippen LogP contribution in [0.15, 0.2) is 36.4 Å². The third kappa shape index (κ3) is 7.04. The highest BCUT2D eigenvalue weighted by Gasteiger charge is 2.09. The Kier molecular flexibility index (Phi) is 9.15. The van der Waals surface area contributed by atoms with Gasteiger partial charge in [-0.3, -0.25) is 9.59 Å². The van der Waals surface area contributed by atoms with E-state index in [2.05, 4.69) is 29.4 Å². The van der Waals surface area contributed by atoms with Gasteiger partial charge in [0.05, 0.1) is 0 Å². The van der Waals surface area contributed by atoms with E-state index in [1.54, 1.807) is 36.4 Å². The number of aryl methyl sites for hydroxylation is 2. The van der Waals surface area contributed by atoms with Crippen LogP contribution in [0.2, 0.25) is 5.02 Å². The second-order valence-electron chi connectivity index (χ2n) is 7.07. The van der Waals surface area contributed by atoms with E-state index in [9.17, 15) is 9.59 Å². The first kappa shape index (κ1) is 23.7. The maximum absolute atomic E-state index is 12.2. The molecule has 0 fully saturated rings. The predicted octanol–water partition coefficient (Wildman–Crippen LogP) is 4.05. The number of nitrogens with one attached hydrogen (secondary N) is 2. The first-order valence-corrected chi connectivity index (χ1v) is 10.5. The number of carbonyl (C=O) groups is 2. The molecular weight excluding hydrogens is 402 g/mol. The van der Waals surface area contributed by atoms with E-state index in [-0.39, 0.29) is 18.4 Å². The molecule has 0 unspecified atom stereocenters. The normalized spacial score (nSPS) is 10.7. The molecular formula is C23H30ClN3O3. The Morgan fingerprint density at radius 3 is 2.20 bits per heavy atom. The summed E-state index contributed by atoms with van der Waals surface area (Å²) in [7, 11) is 0. The number of amides is 2. The van der Waals surface area contributed by atoms with Crippen molar-refractivity contribution in [2.75, 3.05) is 38.1 Å². The Balaban J connectivity index is 1.82. The minimum Gasteiger partial charge on any atom is -0.484 e. The van der Waals surface area contributed by atoms with Crippen molar-refractivity contribution in [2.24, 2.45) is 0 Å². The summed E-state index contributed by atoms with van der Waals surface area (Å²) in [5.74, 6) is 0.190. The molecule has 0 atom stereocenters. The van der Waals surface area contributed by atoms with Gasteiger partial charge in [0.25, 0.3) is 11.8 Å². The number of anilines is 1. The fourth-order valence-corrected chi connectivity index (χ4v) is 3.12. The molecule has 2 aromatic carbocycles. The Morgan fingerprint density at radius 1 is 1.03 bits per heavy atom. The second-order valence-corrected chi connectivity index (χ2v) is 7.45. The average molecular weight is 432 g/mol. The van der Waals surface area contributed by atoms with Crippen molar-refractivity contribution in [3.05, 3.63) is 58.1 Å². The highest BCUT2D eigenvalue weighted by molar-refractivity contribution is 6.32. The molecule has 0 aliphatic carbocycles. The van der Waals surface area contributed by atoms with Gasteiger partial charge in [-0.15, -0.1) is 0 Å². The number of rotatable bonds is 10.